The van der Waals surface area contributed by atoms with Gasteiger partial charge in [-0.25, -0.2) is 4.99 Å². The quantitative estimate of drug-likeness (QED) is 0.441. The number of guanidine groups is 1. The Bertz CT molecular complexity index is 554. The van der Waals surface area contributed by atoms with Gasteiger partial charge in [0.25, 0.3) is 0 Å². The predicted octanol–water partition coefficient (Wildman–Crippen LogP) is 2.26. The van der Waals surface area contributed by atoms with E-state index < -0.39 is 5.60 Å². The van der Waals surface area contributed by atoms with Crippen LogP contribution in [0, 0.1) is 5.92 Å². The normalized spacial score (nSPS) is 19.7. The van der Waals surface area contributed by atoms with Gasteiger partial charge in [0.2, 0.25) is 0 Å². The predicted molar refractivity (Wildman–Crippen MR) is 114 cm³/mol. The number of hydrogen-bond donors (Lipinski definition) is 3. The van der Waals surface area contributed by atoms with Gasteiger partial charge in [-0.15, -0.1) is 11.3 Å². The monoisotopic (exact) mass is 396 g/mol. The van der Waals surface area contributed by atoms with Gasteiger partial charge in [-0.3, -0.25) is 4.90 Å². The fourth-order valence-electron chi connectivity index (χ4n) is 3.30. The van der Waals surface area contributed by atoms with Gasteiger partial charge in [-0.1, -0.05) is 19.9 Å². The number of thiophene rings is 1. The molecule has 2 rings (SSSR count). The second-order valence-electron chi connectivity index (χ2n) is 7.76. The number of aliphatic imine (C=N–C) groups is 1. The van der Waals surface area contributed by atoms with Crippen molar-refractivity contribution in [3.05, 3.63) is 22.4 Å². The molecular weight excluding hydrogens is 360 g/mol. The molecule has 1 aromatic heterocycles. The van der Waals surface area contributed by atoms with Crippen molar-refractivity contribution in [2.75, 3.05) is 45.9 Å². The molecule has 154 valence electrons. The Kier molecular flexibility index (Phi) is 9.02. The molecule has 2 atom stereocenters. The molecule has 0 bridgehead atoms. The minimum Gasteiger partial charge on any atom is -0.383 e. The maximum atomic E-state index is 10.7. The molecule has 0 aromatic carbocycles. The topological polar surface area (TPSA) is 69.1 Å². The average Bonchev–Trinajstić information content (AvgIpc) is 3.19. The summed E-state index contributed by atoms with van der Waals surface area (Å²) in [5, 5.41) is 19.5. The smallest absolute Gasteiger partial charge is 0.191 e. The fraction of sp³-hybridized carbons (Fsp3) is 0.750. The molecule has 1 saturated heterocycles. The molecule has 1 aliphatic heterocycles. The third-order valence-corrected chi connectivity index (χ3v) is 5.87. The van der Waals surface area contributed by atoms with E-state index in [1.165, 1.54) is 0 Å². The number of hydrogen-bond acceptors (Lipinski definition) is 5. The lowest BCUT2D eigenvalue weighted by molar-refractivity contribution is 0.0132. The zero-order valence-electron chi connectivity index (χ0n) is 17.2. The molecule has 0 radical (unpaired) electrons. The number of morpholine rings is 1. The van der Waals surface area contributed by atoms with Crippen LogP contribution in [0.5, 0.6) is 0 Å². The van der Waals surface area contributed by atoms with Crippen LogP contribution in [0.1, 0.15) is 39.0 Å². The molecule has 1 aliphatic rings. The maximum Gasteiger partial charge on any atom is 0.191 e. The lowest BCUT2D eigenvalue weighted by atomic mass is 10.0. The van der Waals surface area contributed by atoms with E-state index in [2.05, 4.69) is 41.3 Å². The van der Waals surface area contributed by atoms with Crippen molar-refractivity contribution < 1.29 is 9.84 Å². The molecule has 3 N–H and O–H groups in total. The van der Waals surface area contributed by atoms with Crippen LogP contribution in [0.2, 0.25) is 0 Å². The highest BCUT2D eigenvalue weighted by atomic mass is 32.1. The Morgan fingerprint density at radius 1 is 1.37 bits per heavy atom. The first-order valence-electron chi connectivity index (χ1n) is 10.0. The van der Waals surface area contributed by atoms with Crippen molar-refractivity contribution in [3.63, 3.8) is 0 Å². The number of ether oxygens (including phenoxy) is 1. The number of rotatable bonds is 9. The second-order valence-corrected chi connectivity index (χ2v) is 8.71. The summed E-state index contributed by atoms with van der Waals surface area (Å²) in [6, 6.07) is 4.37. The number of nitrogens with zero attached hydrogens (tertiary/aromatic N) is 2. The van der Waals surface area contributed by atoms with E-state index in [1.807, 2.05) is 24.4 Å². The first kappa shape index (κ1) is 22.1. The molecule has 2 heterocycles. The molecule has 2 unspecified atom stereocenters. The van der Waals surface area contributed by atoms with Gasteiger partial charge in [0.1, 0.15) is 5.60 Å². The molecule has 7 heteroatoms. The van der Waals surface area contributed by atoms with Crippen LogP contribution in [-0.2, 0) is 10.3 Å². The number of nitrogens with one attached hydrogen (secondary N) is 2. The highest BCUT2D eigenvalue weighted by Crippen LogP contribution is 2.25. The highest BCUT2D eigenvalue weighted by Gasteiger charge is 2.25. The lowest BCUT2D eigenvalue weighted by Crippen LogP contribution is -2.51. The molecule has 0 spiro atoms. The van der Waals surface area contributed by atoms with Crippen molar-refractivity contribution in [1.29, 1.82) is 0 Å². The maximum absolute atomic E-state index is 10.7. The molecule has 27 heavy (non-hydrogen) atoms. The fourth-order valence-corrected chi connectivity index (χ4v) is 4.08. The van der Waals surface area contributed by atoms with Crippen molar-refractivity contribution in [2.24, 2.45) is 10.9 Å². The molecule has 0 aliphatic carbocycles. The molecular formula is C20H36N4O2S. The average molecular weight is 397 g/mol. The summed E-state index contributed by atoms with van der Waals surface area (Å²) < 4.78 is 5.51. The van der Waals surface area contributed by atoms with E-state index in [4.69, 9.17) is 4.74 Å². The van der Waals surface area contributed by atoms with Gasteiger partial charge in [-0.2, -0.15) is 0 Å². The van der Waals surface area contributed by atoms with Crippen molar-refractivity contribution >= 4 is 17.3 Å². The van der Waals surface area contributed by atoms with Gasteiger partial charge >= 0.3 is 0 Å². The van der Waals surface area contributed by atoms with Gasteiger partial charge in [0.05, 0.1) is 19.8 Å². The van der Waals surface area contributed by atoms with Crippen LogP contribution in [-0.4, -0.2) is 67.9 Å². The summed E-state index contributed by atoms with van der Waals surface area (Å²) in [5.74, 6) is 1.40. The zero-order chi connectivity index (χ0) is 19.7. The third kappa shape index (κ3) is 7.41. The van der Waals surface area contributed by atoms with Crippen LogP contribution in [0.3, 0.4) is 0 Å². The van der Waals surface area contributed by atoms with Crippen LogP contribution in [0.15, 0.2) is 22.5 Å². The highest BCUT2D eigenvalue weighted by molar-refractivity contribution is 7.10. The first-order valence-corrected chi connectivity index (χ1v) is 10.9. The van der Waals surface area contributed by atoms with Gasteiger partial charge in [0, 0.05) is 37.1 Å². The summed E-state index contributed by atoms with van der Waals surface area (Å²) >= 11 is 1.56. The summed E-state index contributed by atoms with van der Waals surface area (Å²) in [4.78, 5) is 8.10. The van der Waals surface area contributed by atoms with Crippen LogP contribution in [0.4, 0.5) is 0 Å². The Labute approximate surface area is 168 Å². The van der Waals surface area contributed by atoms with E-state index in [-0.39, 0.29) is 0 Å². The van der Waals surface area contributed by atoms with Gasteiger partial charge in [-0.05, 0) is 37.6 Å². The Morgan fingerprint density at radius 2 is 2.11 bits per heavy atom. The molecule has 1 fully saturated rings. The first-order chi connectivity index (χ1) is 12.9. The van der Waals surface area contributed by atoms with E-state index >= 15 is 0 Å². The summed E-state index contributed by atoms with van der Waals surface area (Å²) in [5.41, 5.74) is -0.946. The number of aliphatic hydroxyl groups is 1. The van der Waals surface area contributed by atoms with Gasteiger partial charge < -0.3 is 20.5 Å². The van der Waals surface area contributed by atoms with Crippen LogP contribution >= 0.6 is 11.3 Å². The summed E-state index contributed by atoms with van der Waals surface area (Å²) in [7, 11) is 0. The molecule has 0 saturated carbocycles. The van der Waals surface area contributed by atoms with E-state index in [0.29, 0.717) is 18.5 Å². The summed E-state index contributed by atoms with van der Waals surface area (Å²) in [6.07, 6.45) is 1.14. The minimum atomic E-state index is -0.946. The molecule has 0 amide bonds. The second kappa shape index (κ2) is 11.0. The van der Waals surface area contributed by atoms with Gasteiger partial charge in [0.15, 0.2) is 5.96 Å². The van der Waals surface area contributed by atoms with E-state index in [1.54, 1.807) is 11.3 Å². The Hall–Kier alpha value is -1.15. The van der Waals surface area contributed by atoms with E-state index in [9.17, 15) is 5.11 Å². The standard InChI is InChI=1S/C20H36N4O2S/c1-5-21-19(23-15-20(4,25)18-7-6-12-27-18)22-14-17(13-16(2)3)24-8-10-26-11-9-24/h6-7,12,16-17,25H,5,8-11,13-15H2,1-4H3,(H2,21,22,23). The Balaban J connectivity index is 1.97. The zero-order valence-corrected chi connectivity index (χ0v) is 18.0. The van der Waals surface area contributed by atoms with Crippen molar-refractivity contribution in [1.82, 2.24) is 15.5 Å². The minimum absolute atomic E-state index is 0.329. The van der Waals surface area contributed by atoms with E-state index in [0.717, 1.165) is 56.7 Å². The van der Waals surface area contributed by atoms with Crippen molar-refractivity contribution in [3.8, 4) is 0 Å². The lowest BCUT2D eigenvalue weighted by Gasteiger charge is -2.35. The molecule has 6 nitrogen and oxygen atoms in total. The van der Waals surface area contributed by atoms with Crippen LogP contribution < -0.4 is 10.6 Å². The molecule has 1 aromatic rings. The summed E-state index contributed by atoms with van der Waals surface area (Å²) in [6.45, 7) is 14.0. The van der Waals surface area contributed by atoms with Crippen LogP contribution in [0.25, 0.3) is 0 Å². The SMILES string of the molecule is CCNC(=NCC(C)(O)c1cccs1)NCC(CC(C)C)N1CCOCC1. The largest absolute Gasteiger partial charge is 0.383 e. The third-order valence-electron chi connectivity index (χ3n) is 4.75. The Morgan fingerprint density at radius 3 is 2.70 bits per heavy atom. The van der Waals surface area contributed by atoms with Crippen molar-refractivity contribution in [2.45, 2.75) is 45.8 Å².